The van der Waals surface area contributed by atoms with Gasteiger partial charge in [0.15, 0.2) is 0 Å². The molecule has 0 bridgehead atoms. The summed E-state index contributed by atoms with van der Waals surface area (Å²) in [7, 11) is 0. The molecule has 2 saturated heterocycles. The molecule has 4 heterocycles. The number of aromatic nitrogens is 2. The first kappa shape index (κ1) is 15.8. The molecule has 2 amide bonds. The van der Waals surface area contributed by atoms with E-state index in [1.807, 2.05) is 17.0 Å². The van der Waals surface area contributed by atoms with Crippen LogP contribution in [0.5, 0.6) is 0 Å². The number of carbonyl (C=O) groups is 2. The molecule has 2 aliphatic rings. The van der Waals surface area contributed by atoms with Crippen LogP contribution in [0.2, 0.25) is 0 Å². The Morgan fingerprint density at radius 2 is 2.08 bits per heavy atom. The van der Waals surface area contributed by atoms with Gasteiger partial charge in [-0.3, -0.25) is 14.6 Å². The number of hydrogen-bond acceptors (Lipinski definition) is 5. The third kappa shape index (κ3) is 3.14. The zero-order chi connectivity index (χ0) is 17.3. The van der Waals surface area contributed by atoms with Crippen LogP contribution in [0.3, 0.4) is 0 Å². The van der Waals surface area contributed by atoms with Gasteiger partial charge in [0, 0.05) is 56.5 Å². The van der Waals surface area contributed by atoms with Crippen molar-refractivity contribution in [3.63, 3.8) is 0 Å². The Morgan fingerprint density at radius 1 is 1.24 bits per heavy atom. The van der Waals surface area contributed by atoms with Crippen LogP contribution in [-0.2, 0) is 11.3 Å². The lowest BCUT2D eigenvalue weighted by molar-refractivity contribution is -0.128. The number of pyridine rings is 1. The molecule has 0 saturated carbocycles. The van der Waals surface area contributed by atoms with Crippen molar-refractivity contribution in [2.75, 3.05) is 19.6 Å². The topological polar surface area (TPSA) is 79.5 Å². The van der Waals surface area contributed by atoms with Crippen LogP contribution in [0.25, 0.3) is 0 Å². The van der Waals surface area contributed by atoms with E-state index in [1.165, 1.54) is 6.20 Å². The first-order valence-electron chi connectivity index (χ1n) is 8.52. The fraction of sp³-hybridized carbons (Fsp3) is 0.444. The van der Waals surface area contributed by atoms with Crippen LogP contribution in [0.15, 0.2) is 41.3 Å². The number of nitrogens with zero attached hydrogens (tertiary/aromatic N) is 4. The summed E-state index contributed by atoms with van der Waals surface area (Å²) < 4.78 is 4.96. The summed E-state index contributed by atoms with van der Waals surface area (Å²) in [6.45, 7) is 2.65. The van der Waals surface area contributed by atoms with Crippen molar-refractivity contribution >= 4 is 11.8 Å². The maximum Gasteiger partial charge on any atom is 0.292 e. The van der Waals surface area contributed by atoms with Gasteiger partial charge in [-0.25, -0.2) is 0 Å². The van der Waals surface area contributed by atoms with Crippen molar-refractivity contribution < 1.29 is 14.1 Å². The summed E-state index contributed by atoms with van der Waals surface area (Å²) in [5.74, 6) is 0.347. The molecule has 0 aromatic carbocycles. The highest BCUT2D eigenvalue weighted by molar-refractivity contribution is 5.91. The van der Waals surface area contributed by atoms with E-state index in [0.717, 1.165) is 24.9 Å². The van der Waals surface area contributed by atoms with Crippen molar-refractivity contribution in [1.82, 2.24) is 19.9 Å². The molecule has 0 atom stereocenters. The molecule has 0 radical (unpaired) electrons. The van der Waals surface area contributed by atoms with E-state index >= 15 is 0 Å². The average Bonchev–Trinajstić information content (AvgIpc) is 3.25. The van der Waals surface area contributed by atoms with E-state index < -0.39 is 0 Å². The second kappa shape index (κ2) is 6.31. The molecule has 0 aliphatic carbocycles. The van der Waals surface area contributed by atoms with Crippen LogP contribution in [0.1, 0.15) is 35.4 Å². The van der Waals surface area contributed by atoms with E-state index in [0.29, 0.717) is 26.1 Å². The fourth-order valence-electron chi connectivity index (χ4n) is 3.84. The Balaban J connectivity index is 1.38. The molecule has 2 aliphatic heterocycles. The van der Waals surface area contributed by atoms with Gasteiger partial charge in [0.2, 0.25) is 11.7 Å². The van der Waals surface area contributed by atoms with Gasteiger partial charge >= 0.3 is 0 Å². The molecule has 2 fully saturated rings. The van der Waals surface area contributed by atoms with Gasteiger partial charge in [-0.05, 0) is 24.5 Å². The largest absolute Gasteiger partial charge is 0.351 e. The zero-order valence-electron chi connectivity index (χ0n) is 13.9. The zero-order valence-corrected chi connectivity index (χ0v) is 13.9. The lowest BCUT2D eigenvalue weighted by Crippen LogP contribution is -2.44. The molecule has 25 heavy (non-hydrogen) atoms. The van der Waals surface area contributed by atoms with E-state index in [4.69, 9.17) is 4.52 Å². The highest BCUT2D eigenvalue weighted by atomic mass is 16.5. The first-order valence-corrected chi connectivity index (χ1v) is 8.52. The monoisotopic (exact) mass is 340 g/mol. The summed E-state index contributed by atoms with van der Waals surface area (Å²) >= 11 is 0. The maximum absolute atomic E-state index is 12.5. The van der Waals surface area contributed by atoms with E-state index in [9.17, 15) is 9.59 Å². The third-order valence-corrected chi connectivity index (χ3v) is 5.26. The predicted octanol–water partition coefficient (Wildman–Crippen LogP) is 1.72. The van der Waals surface area contributed by atoms with Crippen LogP contribution in [0, 0.1) is 5.41 Å². The van der Waals surface area contributed by atoms with Crippen molar-refractivity contribution in [3.8, 4) is 0 Å². The van der Waals surface area contributed by atoms with Gasteiger partial charge < -0.3 is 14.3 Å². The summed E-state index contributed by atoms with van der Waals surface area (Å²) in [4.78, 5) is 32.6. The van der Waals surface area contributed by atoms with Crippen molar-refractivity contribution in [2.45, 2.75) is 25.8 Å². The minimum atomic E-state index is -0.121. The molecule has 0 N–H and O–H groups in total. The highest BCUT2D eigenvalue weighted by Crippen LogP contribution is 2.41. The van der Waals surface area contributed by atoms with Gasteiger partial charge in [0.05, 0.1) is 6.20 Å². The lowest BCUT2D eigenvalue weighted by Gasteiger charge is -2.38. The molecule has 2 aromatic heterocycles. The van der Waals surface area contributed by atoms with Crippen LogP contribution >= 0.6 is 0 Å². The summed E-state index contributed by atoms with van der Waals surface area (Å²) in [5.41, 5.74) is 1.03. The van der Waals surface area contributed by atoms with Gasteiger partial charge in [0.25, 0.3) is 5.91 Å². The first-order chi connectivity index (χ1) is 12.2. The Labute approximate surface area is 145 Å². The van der Waals surface area contributed by atoms with Crippen molar-refractivity contribution in [3.05, 3.63) is 48.1 Å². The lowest BCUT2D eigenvalue weighted by atomic mass is 9.77. The molecule has 0 unspecified atom stereocenters. The summed E-state index contributed by atoms with van der Waals surface area (Å²) in [6.07, 6.45) is 7.25. The Hall–Kier alpha value is -2.70. The quantitative estimate of drug-likeness (QED) is 0.850. The van der Waals surface area contributed by atoms with Crippen molar-refractivity contribution in [2.24, 2.45) is 5.41 Å². The molecule has 7 nitrogen and oxygen atoms in total. The van der Waals surface area contributed by atoms with Crippen LogP contribution in [-0.4, -0.2) is 51.4 Å². The van der Waals surface area contributed by atoms with Gasteiger partial charge in [-0.2, -0.15) is 0 Å². The van der Waals surface area contributed by atoms with Crippen LogP contribution in [0.4, 0.5) is 0 Å². The fourth-order valence-corrected chi connectivity index (χ4v) is 3.84. The third-order valence-electron chi connectivity index (χ3n) is 5.26. The SMILES string of the molecule is O=C1CC2(CCN(C(=O)c3ccno3)CC2)CN1Cc1cccnc1. The van der Waals surface area contributed by atoms with Gasteiger partial charge in [-0.1, -0.05) is 11.2 Å². The number of amides is 2. The predicted molar refractivity (Wildman–Crippen MR) is 88.3 cm³/mol. The normalized spacial score (nSPS) is 19.6. The molecular formula is C18H20N4O3. The smallest absolute Gasteiger partial charge is 0.292 e. The minimum absolute atomic E-state index is 0.0164. The summed E-state index contributed by atoms with van der Waals surface area (Å²) in [5, 5.41) is 3.59. The van der Waals surface area contributed by atoms with Gasteiger partial charge in [0.1, 0.15) is 0 Å². The summed E-state index contributed by atoms with van der Waals surface area (Å²) in [6, 6.07) is 5.46. The molecule has 7 heteroatoms. The maximum atomic E-state index is 12.5. The number of piperidine rings is 1. The molecular weight excluding hydrogens is 320 g/mol. The Bertz CT molecular complexity index is 752. The number of hydrogen-bond donors (Lipinski definition) is 0. The van der Waals surface area contributed by atoms with E-state index in [-0.39, 0.29) is 23.0 Å². The van der Waals surface area contributed by atoms with E-state index in [2.05, 4.69) is 10.1 Å². The Kier molecular flexibility index (Phi) is 3.99. The molecule has 1 spiro atoms. The second-order valence-electron chi connectivity index (χ2n) is 6.96. The average molecular weight is 340 g/mol. The van der Waals surface area contributed by atoms with E-state index in [1.54, 1.807) is 23.4 Å². The van der Waals surface area contributed by atoms with Crippen molar-refractivity contribution in [1.29, 1.82) is 0 Å². The Morgan fingerprint density at radius 3 is 2.76 bits per heavy atom. The number of carbonyl (C=O) groups excluding carboxylic acids is 2. The number of likely N-dealkylation sites (tertiary alicyclic amines) is 2. The molecule has 2 aromatic rings. The molecule has 4 rings (SSSR count). The molecule has 130 valence electrons. The van der Waals surface area contributed by atoms with Gasteiger partial charge in [-0.15, -0.1) is 0 Å². The van der Waals surface area contributed by atoms with Crippen LogP contribution < -0.4 is 0 Å². The minimum Gasteiger partial charge on any atom is -0.351 e. The number of rotatable bonds is 3. The second-order valence-corrected chi connectivity index (χ2v) is 6.96. The standard InChI is InChI=1S/C18H20N4O3/c23-16-10-18(13-22(16)12-14-2-1-6-19-11-14)4-8-21(9-5-18)17(24)15-3-7-20-25-15/h1-3,6-7,11H,4-5,8-10,12-13H2. The highest BCUT2D eigenvalue weighted by Gasteiger charge is 2.45.